The van der Waals surface area contributed by atoms with Gasteiger partial charge in [-0.25, -0.2) is 14.1 Å². The molecule has 20 heteroatoms. The Morgan fingerprint density at radius 2 is 2.05 bits per heavy atom. The van der Waals surface area contributed by atoms with Crippen molar-refractivity contribution < 1.29 is 37.3 Å². The smallest absolute Gasteiger partial charge is 0.362 e. The molecule has 2 aliphatic heterocycles. The van der Waals surface area contributed by atoms with Crippen LogP contribution < -0.4 is 16.8 Å². The van der Waals surface area contributed by atoms with Crippen LogP contribution in [0.3, 0.4) is 0 Å². The van der Waals surface area contributed by atoms with E-state index in [0.717, 1.165) is 16.1 Å². The second-order valence-corrected chi connectivity index (χ2v) is 11.6. The molecule has 7 N–H and O–H groups in total. The molecule has 2 aromatic heterocycles. The van der Waals surface area contributed by atoms with E-state index < -0.39 is 51.5 Å². The van der Waals surface area contributed by atoms with Gasteiger partial charge in [0.05, 0.1) is 18.4 Å². The van der Waals surface area contributed by atoms with Gasteiger partial charge in [0.15, 0.2) is 10.8 Å². The van der Waals surface area contributed by atoms with Crippen LogP contribution in [0.15, 0.2) is 16.7 Å². The number of nitrogens with zero attached hydrogens (tertiary/aromatic N) is 7. The number of aromatic nitrogens is 4. The number of carboxylic acids is 1. The Kier molecular flexibility index (Phi) is 6.74. The summed E-state index contributed by atoms with van der Waals surface area (Å²) in [6, 6.07) is -2.63. The minimum Gasteiger partial charge on any atom is -0.478 e. The number of thiazole rings is 1. The van der Waals surface area contributed by atoms with Crippen molar-refractivity contribution in [2.24, 2.45) is 10.9 Å². The molecule has 1 aliphatic carbocycles. The predicted octanol–water partition coefficient (Wildman–Crippen LogP) is -3.00. The standard InChI is InChI=1S/C19H24N10O8S2/c20-9-4-27(5-9)6-10-3-22-28(25-10)7-12-14(16(31)29(12)39(34,35)36)24-15(30)13(11-8-38-18(21)23-11)26-37-19(1-2-19)17(32)33/h3,8-9,12,14H,1-2,4-7,20H2,(H2,21,23)(H,24,30)(H,32,33)(H,34,35,36). The average molecular weight is 585 g/mol. The number of hydrogen-bond acceptors (Lipinski definition) is 14. The molecule has 0 spiro atoms. The lowest BCUT2D eigenvalue weighted by Crippen LogP contribution is -2.73. The third-order valence-electron chi connectivity index (χ3n) is 6.39. The fraction of sp³-hybridized carbons (Fsp3) is 0.526. The van der Waals surface area contributed by atoms with Gasteiger partial charge < -0.3 is 26.7 Å². The summed E-state index contributed by atoms with van der Waals surface area (Å²) in [6.45, 7) is 1.57. The SMILES string of the molecule is Nc1nc(C(=NOC2(C(=O)O)CC2)C(=O)NC2C(=O)N(S(=O)(=O)O)C2Cn2ncc(CN3CC(N)C3)n2)cs1. The van der Waals surface area contributed by atoms with Crippen LogP contribution in [0.25, 0.3) is 0 Å². The normalized spacial score (nSPS) is 23.2. The zero-order valence-corrected chi connectivity index (χ0v) is 21.7. The van der Waals surface area contributed by atoms with Crippen molar-refractivity contribution in [3.05, 3.63) is 23.0 Å². The highest BCUT2D eigenvalue weighted by atomic mass is 32.2. The second-order valence-electron chi connectivity index (χ2n) is 9.38. The monoisotopic (exact) mass is 584 g/mol. The number of rotatable bonds is 11. The number of β-lactam (4-membered cyclic amide) rings is 1. The molecule has 2 amide bonds. The van der Waals surface area contributed by atoms with Crippen molar-refractivity contribution in [2.45, 2.75) is 49.7 Å². The molecule has 2 unspecified atom stereocenters. The van der Waals surface area contributed by atoms with E-state index in [9.17, 15) is 32.5 Å². The van der Waals surface area contributed by atoms with Gasteiger partial charge in [-0.1, -0.05) is 5.16 Å². The van der Waals surface area contributed by atoms with Gasteiger partial charge >= 0.3 is 16.3 Å². The van der Waals surface area contributed by atoms with Gasteiger partial charge in [-0.3, -0.25) is 19.0 Å². The summed E-state index contributed by atoms with van der Waals surface area (Å²) in [4.78, 5) is 49.6. The summed E-state index contributed by atoms with van der Waals surface area (Å²) in [6.07, 6.45) is 1.83. The van der Waals surface area contributed by atoms with E-state index in [0.29, 0.717) is 25.3 Å². The number of nitrogens with two attached hydrogens (primary N) is 2. The van der Waals surface area contributed by atoms with Crippen molar-refractivity contribution in [1.29, 1.82) is 0 Å². The quantitative estimate of drug-likeness (QED) is 0.0763. The van der Waals surface area contributed by atoms with E-state index in [-0.39, 0.29) is 40.6 Å². The summed E-state index contributed by atoms with van der Waals surface area (Å²) < 4.78 is 33.6. The van der Waals surface area contributed by atoms with Crippen LogP contribution in [0.4, 0.5) is 5.13 Å². The Morgan fingerprint density at radius 3 is 2.62 bits per heavy atom. The summed E-state index contributed by atoms with van der Waals surface area (Å²) >= 11 is 0.979. The second kappa shape index (κ2) is 9.79. The Hall–Kier alpha value is -3.72. The molecule has 1 saturated carbocycles. The van der Waals surface area contributed by atoms with Gasteiger partial charge in [-0.2, -0.15) is 23.4 Å². The van der Waals surface area contributed by atoms with E-state index in [1.807, 2.05) is 4.90 Å². The van der Waals surface area contributed by atoms with Gasteiger partial charge in [0, 0.05) is 43.9 Å². The maximum absolute atomic E-state index is 13.2. The number of amides is 2. The van der Waals surface area contributed by atoms with Crippen molar-refractivity contribution in [2.75, 3.05) is 18.8 Å². The van der Waals surface area contributed by atoms with E-state index in [1.54, 1.807) is 0 Å². The molecule has 3 aliphatic rings. The minimum atomic E-state index is -4.97. The first kappa shape index (κ1) is 26.9. The van der Waals surface area contributed by atoms with Crippen LogP contribution in [0.5, 0.6) is 0 Å². The number of oxime groups is 1. The molecule has 3 fully saturated rings. The predicted molar refractivity (Wildman–Crippen MR) is 131 cm³/mol. The Bertz CT molecular complexity index is 1450. The van der Waals surface area contributed by atoms with Crippen LogP contribution in [-0.4, -0.2) is 108 Å². The highest BCUT2D eigenvalue weighted by Crippen LogP contribution is 2.40. The molecule has 2 aromatic rings. The highest BCUT2D eigenvalue weighted by molar-refractivity contribution is 7.84. The molecule has 5 rings (SSSR count). The fourth-order valence-electron chi connectivity index (χ4n) is 4.17. The number of aliphatic carboxylic acids is 1. The van der Waals surface area contributed by atoms with Gasteiger partial charge in [-0.05, 0) is 0 Å². The molecule has 39 heavy (non-hydrogen) atoms. The number of nitrogen functional groups attached to an aromatic ring is 1. The first-order valence-electron chi connectivity index (χ1n) is 11.6. The number of anilines is 1. The summed E-state index contributed by atoms with van der Waals surface area (Å²) in [5.74, 6) is -3.38. The van der Waals surface area contributed by atoms with Gasteiger partial charge in [-0.15, -0.1) is 11.3 Å². The zero-order chi connectivity index (χ0) is 28.1. The topological polar surface area (TPSA) is 262 Å². The molecule has 2 atom stereocenters. The molecule has 0 aromatic carbocycles. The first-order valence-corrected chi connectivity index (χ1v) is 13.8. The number of hydrogen-bond donors (Lipinski definition) is 5. The van der Waals surface area contributed by atoms with E-state index in [1.165, 1.54) is 11.6 Å². The largest absolute Gasteiger partial charge is 0.478 e. The third-order valence-corrected chi connectivity index (χ3v) is 8.02. The van der Waals surface area contributed by atoms with Crippen molar-refractivity contribution in [3.63, 3.8) is 0 Å². The van der Waals surface area contributed by atoms with Crippen molar-refractivity contribution in [1.82, 2.24) is 34.5 Å². The van der Waals surface area contributed by atoms with Gasteiger partial charge in [0.1, 0.15) is 17.8 Å². The van der Waals surface area contributed by atoms with E-state index in [2.05, 4.69) is 25.7 Å². The third kappa shape index (κ3) is 5.41. The molecule has 2 saturated heterocycles. The molecule has 4 heterocycles. The lowest BCUT2D eigenvalue weighted by Gasteiger charge is -2.43. The van der Waals surface area contributed by atoms with Gasteiger partial charge in [0.25, 0.3) is 11.8 Å². The molecule has 0 radical (unpaired) electrons. The van der Waals surface area contributed by atoms with Gasteiger partial charge in [0.2, 0.25) is 5.60 Å². The van der Waals surface area contributed by atoms with Crippen LogP contribution >= 0.6 is 11.3 Å². The average Bonchev–Trinajstić information content (AvgIpc) is 3.31. The van der Waals surface area contributed by atoms with Crippen molar-refractivity contribution in [3.8, 4) is 0 Å². The van der Waals surface area contributed by atoms with Crippen molar-refractivity contribution >= 4 is 50.3 Å². The summed E-state index contributed by atoms with van der Waals surface area (Å²) in [7, 11) is -4.97. The zero-order valence-electron chi connectivity index (χ0n) is 20.1. The highest BCUT2D eigenvalue weighted by Gasteiger charge is 2.56. The molecule has 0 bridgehead atoms. The molecule has 210 valence electrons. The number of nitrogens with one attached hydrogen (secondary N) is 1. The molecule has 18 nitrogen and oxygen atoms in total. The maximum atomic E-state index is 13.2. The maximum Gasteiger partial charge on any atom is 0.362 e. The fourth-order valence-corrected chi connectivity index (χ4v) is 5.59. The first-order chi connectivity index (χ1) is 18.4. The Morgan fingerprint density at radius 1 is 1.33 bits per heavy atom. The summed E-state index contributed by atoms with van der Waals surface area (Å²) in [5.41, 5.74) is 9.90. The Labute approximate surface area is 224 Å². The van der Waals surface area contributed by atoms with Crippen LogP contribution in [-0.2, 0) is 42.6 Å². The Balaban J connectivity index is 1.34. The molecular formula is C19H24N10O8S2. The lowest BCUT2D eigenvalue weighted by atomic mass is 9.98. The molecular weight excluding hydrogens is 560 g/mol. The number of carbonyl (C=O) groups is 3. The van der Waals surface area contributed by atoms with E-state index in [4.69, 9.17) is 16.3 Å². The van der Waals surface area contributed by atoms with Crippen LogP contribution in [0.1, 0.15) is 24.2 Å². The number of likely N-dealkylation sites (tertiary alicyclic amines) is 1. The van der Waals surface area contributed by atoms with Crippen LogP contribution in [0, 0.1) is 0 Å². The summed E-state index contributed by atoms with van der Waals surface area (Å²) in [5, 5.41) is 25.2. The lowest BCUT2D eigenvalue weighted by molar-refractivity contribution is -0.153. The number of carboxylic acid groups (broad SMARTS) is 1. The number of carbonyl (C=O) groups excluding carboxylic acids is 2. The van der Waals surface area contributed by atoms with E-state index >= 15 is 0 Å². The minimum absolute atomic E-state index is 0.0461. The van der Waals surface area contributed by atoms with Crippen LogP contribution in [0.2, 0.25) is 0 Å².